The van der Waals surface area contributed by atoms with E-state index in [9.17, 15) is 4.79 Å². The smallest absolute Gasteiger partial charge is 0.171 e. The highest BCUT2D eigenvalue weighted by Gasteiger charge is 2.12. The van der Waals surface area contributed by atoms with Gasteiger partial charge in [-0.15, -0.1) is 0 Å². The summed E-state index contributed by atoms with van der Waals surface area (Å²) in [6.07, 6.45) is 8.88. The minimum absolute atomic E-state index is 0.000612. The van der Waals surface area contributed by atoms with Crippen LogP contribution in [0.5, 0.6) is 0 Å². The molecule has 4 heterocycles. The van der Waals surface area contributed by atoms with Gasteiger partial charge in [0.1, 0.15) is 0 Å². The Labute approximate surface area is 150 Å². The van der Waals surface area contributed by atoms with Gasteiger partial charge < -0.3 is 4.57 Å². The third-order valence-electron chi connectivity index (χ3n) is 4.33. The standard InChI is InChI=1S/C19H18N6O/c1-3-25-11-14(9-22-25)19(26)7-15-6-17-13(8-21-15)4-5-16(23-17)18-10-20-12-24(18)2/h4-6,8-12H,3,7H2,1-2H3. The van der Waals surface area contributed by atoms with Crippen LogP contribution in [0.2, 0.25) is 0 Å². The SMILES string of the molecule is CCn1cc(C(=O)Cc2cc3nc(-c4cncn4C)ccc3cn2)cn1. The number of hydrogen-bond acceptors (Lipinski definition) is 5. The fraction of sp³-hybridized carbons (Fsp3) is 0.211. The molecule has 0 spiro atoms. The topological polar surface area (TPSA) is 78.5 Å². The molecule has 130 valence electrons. The molecule has 0 bridgehead atoms. The molecule has 0 aliphatic carbocycles. The molecule has 4 rings (SSSR count). The minimum Gasteiger partial charge on any atom is -0.332 e. The van der Waals surface area contributed by atoms with Gasteiger partial charge in [0.15, 0.2) is 5.78 Å². The van der Waals surface area contributed by atoms with E-state index in [2.05, 4.69) is 15.1 Å². The van der Waals surface area contributed by atoms with Crippen LogP contribution < -0.4 is 0 Å². The van der Waals surface area contributed by atoms with Gasteiger partial charge in [0, 0.05) is 31.4 Å². The van der Waals surface area contributed by atoms with Gasteiger partial charge in [-0.2, -0.15) is 5.10 Å². The first-order chi connectivity index (χ1) is 12.6. The molecule has 0 aromatic carbocycles. The highest BCUT2D eigenvalue weighted by molar-refractivity contribution is 5.97. The van der Waals surface area contributed by atoms with Crippen molar-refractivity contribution in [2.24, 2.45) is 7.05 Å². The van der Waals surface area contributed by atoms with Gasteiger partial charge in [-0.1, -0.05) is 0 Å². The number of aromatic nitrogens is 6. The zero-order valence-electron chi connectivity index (χ0n) is 14.6. The van der Waals surface area contributed by atoms with E-state index in [-0.39, 0.29) is 12.2 Å². The molecule has 7 heteroatoms. The molecule has 0 aliphatic rings. The van der Waals surface area contributed by atoms with Crippen molar-refractivity contribution in [3.05, 3.63) is 60.6 Å². The number of nitrogens with zero attached hydrogens (tertiary/aromatic N) is 6. The van der Waals surface area contributed by atoms with Crippen LogP contribution in [0.3, 0.4) is 0 Å². The maximum absolute atomic E-state index is 12.5. The van der Waals surface area contributed by atoms with Crippen LogP contribution in [0.25, 0.3) is 22.3 Å². The quantitative estimate of drug-likeness (QED) is 0.519. The van der Waals surface area contributed by atoms with Crippen molar-refractivity contribution in [2.75, 3.05) is 0 Å². The van der Waals surface area contributed by atoms with E-state index in [4.69, 9.17) is 4.98 Å². The van der Waals surface area contributed by atoms with Gasteiger partial charge in [-0.05, 0) is 25.1 Å². The number of imidazole rings is 1. The van der Waals surface area contributed by atoms with Gasteiger partial charge in [-0.3, -0.25) is 14.5 Å². The van der Waals surface area contributed by atoms with Crippen LogP contribution in [0.15, 0.2) is 49.3 Å². The fourth-order valence-corrected chi connectivity index (χ4v) is 2.85. The Balaban J connectivity index is 1.64. The first kappa shape index (κ1) is 16.1. The summed E-state index contributed by atoms with van der Waals surface area (Å²) in [4.78, 5) is 25.7. The number of carbonyl (C=O) groups is 1. The fourth-order valence-electron chi connectivity index (χ4n) is 2.85. The van der Waals surface area contributed by atoms with Crippen LogP contribution in [-0.4, -0.2) is 35.1 Å². The molecule has 4 aromatic heterocycles. The molecule has 7 nitrogen and oxygen atoms in total. The lowest BCUT2D eigenvalue weighted by atomic mass is 10.1. The number of pyridine rings is 2. The maximum Gasteiger partial charge on any atom is 0.171 e. The van der Waals surface area contributed by atoms with Crippen molar-refractivity contribution >= 4 is 16.7 Å². The van der Waals surface area contributed by atoms with E-state index in [0.29, 0.717) is 11.3 Å². The highest BCUT2D eigenvalue weighted by Crippen LogP contribution is 2.20. The second kappa shape index (κ2) is 6.51. The van der Waals surface area contributed by atoms with E-state index in [1.807, 2.05) is 36.7 Å². The number of Topliss-reactive ketones (excluding diaryl/α,β-unsaturated/α-hetero) is 1. The minimum atomic E-state index is -0.000612. The Hall–Kier alpha value is -3.35. The second-order valence-corrected chi connectivity index (χ2v) is 6.14. The Morgan fingerprint density at radius 2 is 2.08 bits per heavy atom. The van der Waals surface area contributed by atoms with Crippen molar-refractivity contribution < 1.29 is 4.79 Å². The summed E-state index contributed by atoms with van der Waals surface area (Å²) in [5.74, 6) is -0.000612. The van der Waals surface area contributed by atoms with Crippen LogP contribution in [0, 0.1) is 0 Å². The highest BCUT2D eigenvalue weighted by atomic mass is 16.1. The van der Waals surface area contributed by atoms with E-state index in [0.717, 1.165) is 28.8 Å². The molecule has 4 aromatic rings. The summed E-state index contributed by atoms with van der Waals surface area (Å²) < 4.78 is 3.66. The predicted octanol–water partition coefficient (Wildman–Crippen LogP) is 2.67. The van der Waals surface area contributed by atoms with Gasteiger partial charge in [0.25, 0.3) is 0 Å². The van der Waals surface area contributed by atoms with E-state index in [1.165, 1.54) is 0 Å². The lowest BCUT2D eigenvalue weighted by Crippen LogP contribution is -2.04. The largest absolute Gasteiger partial charge is 0.332 e. The van der Waals surface area contributed by atoms with Crippen molar-refractivity contribution in [1.82, 2.24) is 29.3 Å². The van der Waals surface area contributed by atoms with Crippen LogP contribution in [0.1, 0.15) is 23.0 Å². The van der Waals surface area contributed by atoms with Gasteiger partial charge >= 0.3 is 0 Å². The molecule has 0 radical (unpaired) electrons. The lowest BCUT2D eigenvalue weighted by molar-refractivity contribution is 0.0992. The predicted molar refractivity (Wildman–Crippen MR) is 97.7 cm³/mol. The summed E-state index contributed by atoms with van der Waals surface area (Å²) in [6, 6.07) is 5.80. The van der Waals surface area contributed by atoms with Crippen molar-refractivity contribution in [2.45, 2.75) is 19.9 Å². The average Bonchev–Trinajstić information content (AvgIpc) is 3.30. The van der Waals surface area contributed by atoms with Gasteiger partial charge in [-0.25, -0.2) is 9.97 Å². The molecule has 0 saturated heterocycles. The number of aryl methyl sites for hydroxylation is 2. The Bertz CT molecular complexity index is 1090. The summed E-state index contributed by atoms with van der Waals surface area (Å²) in [6.45, 7) is 2.72. The van der Waals surface area contributed by atoms with Crippen molar-refractivity contribution in [3.63, 3.8) is 0 Å². The molecular weight excluding hydrogens is 328 g/mol. The average molecular weight is 346 g/mol. The Kier molecular flexibility index (Phi) is 4.04. The molecule has 26 heavy (non-hydrogen) atoms. The van der Waals surface area contributed by atoms with Crippen LogP contribution >= 0.6 is 0 Å². The Morgan fingerprint density at radius 3 is 2.81 bits per heavy atom. The molecule has 0 amide bonds. The van der Waals surface area contributed by atoms with E-state index in [1.54, 1.807) is 35.8 Å². The number of hydrogen-bond donors (Lipinski definition) is 0. The summed E-state index contributed by atoms with van der Waals surface area (Å²) in [5, 5.41) is 5.09. The third-order valence-corrected chi connectivity index (χ3v) is 4.33. The number of fused-ring (bicyclic) bond motifs is 1. The van der Waals surface area contributed by atoms with Gasteiger partial charge in [0.05, 0.1) is 53.3 Å². The lowest BCUT2D eigenvalue weighted by Gasteiger charge is -2.05. The molecule has 0 aliphatic heterocycles. The zero-order valence-corrected chi connectivity index (χ0v) is 14.6. The molecular formula is C19H18N6O. The monoisotopic (exact) mass is 346 g/mol. The van der Waals surface area contributed by atoms with Gasteiger partial charge in [0.2, 0.25) is 0 Å². The molecule has 0 atom stereocenters. The molecule has 0 saturated carbocycles. The normalized spacial score (nSPS) is 11.2. The van der Waals surface area contributed by atoms with E-state index >= 15 is 0 Å². The number of carbonyl (C=O) groups excluding carboxylic acids is 1. The van der Waals surface area contributed by atoms with Crippen LogP contribution in [0.4, 0.5) is 0 Å². The molecule has 0 unspecified atom stereocenters. The Morgan fingerprint density at radius 1 is 1.19 bits per heavy atom. The third kappa shape index (κ3) is 2.99. The van der Waals surface area contributed by atoms with E-state index < -0.39 is 0 Å². The summed E-state index contributed by atoms with van der Waals surface area (Å²) >= 11 is 0. The molecule has 0 fully saturated rings. The second-order valence-electron chi connectivity index (χ2n) is 6.14. The first-order valence-corrected chi connectivity index (χ1v) is 8.42. The number of rotatable bonds is 5. The van der Waals surface area contributed by atoms with Crippen molar-refractivity contribution in [3.8, 4) is 11.4 Å². The summed E-state index contributed by atoms with van der Waals surface area (Å²) in [5.41, 5.74) is 3.89. The maximum atomic E-state index is 12.5. The van der Waals surface area contributed by atoms with Crippen LogP contribution in [-0.2, 0) is 20.0 Å². The summed E-state index contributed by atoms with van der Waals surface area (Å²) in [7, 11) is 1.93. The number of ketones is 1. The van der Waals surface area contributed by atoms with Crippen molar-refractivity contribution in [1.29, 1.82) is 0 Å². The zero-order chi connectivity index (χ0) is 18.1. The first-order valence-electron chi connectivity index (χ1n) is 8.42. The molecule has 0 N–H and O–H groups in total.